The number of hydrogen-bond acceptors (Lipinski definition) is 3. The summed E-state index contributed by atoms with van der Waals surface area (Å²) in [6, 6.07) is 5.51. The molecule has 2 bridgehead atoms. The van der Waals surface area contributed by atoms with Crippen LogP contribution in [-0.4, -0.2) is 12.1 Å². The van der Waals surface area contributed by atoms with Crippen molar-refractivity contribution in [3.8, 4) is 0 Å². The van der Waals surface area contributed by atoms with E-state index in [9.17, 15) is 4.79 Å². The molecule has 21 heavy (non-hydrogen) atoms. The van der Waals surface area contributed by atoms with E-state index in [4.69, 9.17) is 10.5 Å². The number of pyridine rings is 1. The number of hydrogen-bond donors (Lipinski definition) is 1. The van der Waals surface area contributed by atoms with Gasteiger partial charge < -0.3 is 4.74 Å². The van der Waals surface area contributed by atoms with Gasteiger partial charge >= 0.3 is 5.97 Å². The van der Waals surface area contributed by atoms with Crippen LogP contribution in [0, 0.1) is 16.7 Å². The second-order valence-electron chi connectivity index (χ2n) is 7.34. The van der Waals surface area contributed by atoms with Gasteiger partial charge in [0.2, 0.25) is 0 Å². The van der Waals surface area contributed by atoms with Gasteiger partial charge in [0.25, 0.3) is 5.82 Å². The minimum atomic E-state index is -0.188. The standard InChI is InChI=1S/C17H24N2O2/c1-16(2)12-7-8-17(16,3)13(10-12)21-15(20)11-19-9-5-4-6-14(19)18/h4-6,9,12-13,18H,7-8,10-11H2,1-3H3/p+1/t12-,13-,17+/m0/s1. The summed E-state index contributed by atoms with van der Waals surface area (Å²) in [5, 5.41) is 0. The Hall–Kier alpha value is -1.58. The summed E-state index contributed by atoms with van der Waals surface area (Å²) in [6.45, 7) is 7.11. The zero-order chi connectivity index (χ0) is 15.3. The Kier molecular flexibility index (Phi) is 3.23. The molecule has 2 aliphatic carbocycles. The van der Waals surface area contributed by atoms with Gasteiger partial charge in [-0.3, -0.25) is 5.73 Å². The lowest BCUT2D eigenvalue weighted by Crippen LogP contribution is -2.44. The van der Waals surface area contributed by atoms with Crippen molar-refractivity contribution in [3.63, 3.8) is 0 Å². The summed E-state index contributed by atoms with van der Waals surface area (Å²) in [4.78, 5) is 12.3. The molecule has 0 amide bonds. The fraction of sp³-hybridized carbons (Fsp3) is 0.647. The summed E-state index contributed by atoms with van der Waals surface area (Å²) in [5.41, 5.74) is 6.23. The van der Waals surface area contributed by atoms with Gasteiger partial charge in [-0.05, 0) is 36.7 Å². The van der Waals surface area contributed by atoms with Gasteiger partial charge in [-0.15, -0.1) is 0 Å². The van der Waals surface area contributed by atoms with Gasteiger partial charge in [-0.25, -0.2) is 9.36 Å². The van der Waals surface area contributed by atoms with Crippen LogP contribution in [-0.2, 0) is 16.1 Å². The van der Waals surface area contributed by atoms with Crippen LogP contribution < -0.4 is 10.3 Å². The lowest BCUT2D eigenvalue weighted by molar-refractivity contribution is -0.671. The van der Waals surface area contributed by atoms with Crippen LogP contribution >= 0.6 is 0 Å². The summed E-state index contributed by atoms with van der Waals surface area (Å²) in [6.07, 6.45) is 5.28. The second-order valence-corrected chi connectivity index (χ2v) is 7.34. The first-order valence-electron chi connectivity index (χ1n) is 7.78. The van der Waals surface area contributed by atoms with Crippen molar-refractivity contribution in [1.29, 1.82) is 0 Å². The highest BCUT2D eigenvalue weighted by Crippen LogP contribution is 2.66. The molecule has 4 nitrogen and oxygen atoms in total. The smallest absolute Gasteiger partial charge is 0.348 e. The molecule has 0 spiro atoms. The summed E-state index contributed by atoms with van der Waals surface area (Å²) in [7, 11) is 0. The lowest BCUT2D eigenvalue weighted by atomic mass is 9.70. The Balaban J connectivity index is 1.68. The fourth-order valence-electron chi connectivity index (χ4n) is 4.28. The third kappa shape index (κ3) is 2.12. The first-order valence-corrected chi connectivity index (χ1v) is 7.78. The molecule has 2 N–H and O–H groups in total. The normalized spacial score (nSPS) is 33.1. The number of fused-ring (bicyclic) bond motifs is 2. The zero-order valence-electron chi connectivity index (χ0n) is 13.1. The van der Waals surface area contributed by atoms with Crippen molar-refractivity contribution in [1.82, 2.24) is 0 Å². The van der Waals surface area contributed by atoms with E-state index < -0.39 is 0 Å². The average Bonchev–Trinajstić information content (AvgIpc) is 2.74. The molecule has 0 aliphatic heterocycles. The number of rotatable bonds is 3. The predicted molar refractivity (Wildman–Crippen MR) is 80.2 cm³/mol. The molecule has 1 heterocycles. The SMILES string of the molecule is CC1(C)[C@H]2CC[C@]1(C)[C@@H](OC(=O)C[n+]1ccccc1N)C2. The number of ether oxygens (including phenoxy) is 1. The van der Waals surface area contributed by atoms with E-state index in [1.807, 2.05) is 18.3 Å². The van der Waals surface area contributed by atoms with Gasteiger partial charge in [-0.2, -0.15) is 0 Å². The number of carbonyl (C=O) groups is 1. The van der Waals surface area contributed by atoms with Crippen LogP contribution in [0.3, 0.4) is 0 Å². The predicted octanol–water partition coefficient (Wildman–Crippen LogP) is 2.31. The van der Waals surface area contributed by atoms with Gasteiger partial charge in [0.1, 0.15) is 6.10 Å². The van der Waals surface area contributed by atoms with Crippen LogP contribution in [0.1, 0.15) is 40.0 Å². The monoisotopic (exact) mass is 289 g/mol. The quantitative estimate of drug-likeness (QED) is 0.686. The molecular weight excluding hydrogens is 264 g/mol. The van der Waals surface area contributed by atoms with E-state index >= 15 is 0 Å². The first-order chi connectivity index (χ1) is 9.84. The highest BCUT2D eigenvalue weighted by atomic mass is 16.5. The zero-order valence-corrected chi connectivity index (χ0v) is 13.1. The molecule has 2 saturated carbocycles. The lowest BCUT2D eigenvalue weighted by Gasteiger charge is -2.38. The maximum absolute atomic E-state index is 12.3. The first kappa shape index (κ1) is 14.4. The van der Waals surface area contributed by atoms with E-state index in [-0.39, 0.29) is 29.4 Å². The number of carbonyl (C=O) groups excluding carboxylic acids is 1. The molecule has 3 atom stereocenters. The Morgan fingerprint density at radius 2 is 2.19 bits per heavy atom. The number of nitrogens with zero attached hydrogens (tertiary/aromatic N) is 1. The summed E-state index contributed by atoms with van der Waals surface area (Å²) >= 11 is 0. The Morgan fingerprint density at radius 1 is 1.43 bits per heavy atom. The van der Waals surface area contributed by atoms with Gasteiger partial charge in [-0.1, -0.05) is 26.8 Å². The van der Waals surface area contributed by atoms with E-state index in [2.05, 4.69) is 20.8 Å². The Bertz CT molecular complexity index is 570. The number of nitrogen functional groups attached to an aromatic ring is 1. The van der Waals surface area contributed by atoms with Crippen LogP contribution in [0.25, 0.3) is 0 Å². The third-order valence-corrected chi connectivity index (χ3v) is 6.26. The van der Waals surface area contributed by atoms with Crippen molar-refractivity contribution < 1.29 is 14.1 Å². The van der Waals surface area contributed by atoms with Gasteiger partial charge in [0.15, 0.2) is 6.54 Å². The largest absolute Gasteiger partial charge is 0.459 e. The Labute approximate surface area is 126 Å². The molecule has 0 radical (unpaired) electrons. The topological polar surface area (TPSA) is 56.2 Å². The number of nitrogens with two attached hydrogens (primary N) is 1. The van der Waals surface area contributed by atoms with Crippen molar-refractivity contribution in [2.45, 2.75) is 52.7 Å². The van der Waals surface area contributed by atoms with Crippen molar-refractivity contribution in [3.05, 3.63) is 24.4 Å². The number of anilines is 1. The number of esters is 1. The van der Waals surface area contributed by atoms with Crippen molar-refractivity contribution in [2.24, 2.45) is 16.7 Å². The minimum absolute atomic E-state index is 0.0456. The maximum atomic E-state index is 12.3. The number of aromatic nitrogens is 1. The average molecular weight is 289 g/mol. The molecule has 1 aromatic rings. The third-order valence-electron chi connectivity index (χ3n) is 6.26. The highest BCUT2D eigenvalue weighted by molar-refractivity contribution is 5.68. The molecule has 0 unspecified atom stereocenters. The van der Waals surface area contributed by atoms with E-state index in [1.54, 1.807) is 10.6 Å². The Morgan fingerprint density at radius 3 is 2.76 bits per heavy atom. The van der Waals surface area contributed by atoms with Crippen LogP contribution in [0.2, 0.25) is 0 Å². The van der Waals surface area contributed by atoms with E-state index in [1.165, 1.54) is 6.42 Å². The highest BCUT2D eigenvalue weighted by Gasteiger charge is 2.62. The van der Waals surface area contributed by atoms with Crippen molar-refractivity contribution in [2.75, 3.05) is 5.73 Å². The summed E-state index contributed by atoms with van der Waals surface area (Å²) < 4.78 is 7.55. The van der Waals surface area contributed by atoms with Crippen LogP contribution in [0.15, 0.2) is 24.4 Å². The maximum Gasteiger partial charge on any atom is 0.348 e. The van der Waals surface area contributed by atoms with E-state index in [0.29, 0.717) is 11.7 Å². The van der Waals surface area contributed by atoms with Crippen molar-refractivity contribution >= 4 is 11.8 Å². The van der Waals surface area contributed by atoms with E-state index in [0.717, 1.165) is 12.8 Å². The van der Waals surface area contributed by atoms with Crippen LogP contribution in [0.4, 0.5) is 5.82 Å². The molecule has 114 valence electrons. The van der Waals surface area contributed by atoms with Crippen LogP contribution in [0.5, 0.6) is 0 Å². The molecule has 4 heteroatoms. The molecule has 3 rings (SSSR count). The minimum Gasteiger partial charge on any atom is -0.459 e. The van der Waals surface area contributed by atoms with Gasteiger partial charge in [0.05, 0.1) is 6.20 Å². The second kappa shape index (κ2) is 4.72. The molecule has 2 aliphatic rings. The molecule has 0 saturated heterocycles. The fourth-order valence-corrected chi connectivity index (χ4v) is 4.28. The molecule has 0 aromatic carbocycles. The van der Waals surface area contributed by atoms with Gasteiger partial charge in [0, 0.05) is 11.5 Å². The molecule has 1 aromatic heterocycles. The molecule has 2 fully saturated rings. The summed E-state index contributed by atoms with van der Waals surface area (Å²) in [5.74, 6) is 1.07. The molecular formula is C17H25N2O2+.